The first-order chi connectivity index (χ1) is 11.7. The van der Waals surface area contributed by atoms with Gasteiger partial charge in [0.15, 0.2) is 5.78 Å². The summed E-state index contributed by atoms with van der Waals surface area (Å²) in [6.07, 6.45) is 4.54. The van der Waals surface area contributed by atoms with Crippen molar-refractivity contribution >= 4 is 5.78 Å². The van der Waals surface area contributed by atoms with E-state index in [0.717, 1.165) is 24.9 Å². The second kappa shape index (κ2) is 6.52. The van der Waals surface area contributed by atoms with Crippen LogP contribution < -0.4 is 0 Å². The number of Topliss-reactive ketones (excluding diaryl/α,β-unsaturated/α-hetero) is 1. The van der Waals surface area contributed by atoms with Gasteiger partial charge in [-0.25, -0.2) is 0 Å². The number of benzene rings is 2. The van der Waals surface area contributed by atoms with E-state index in [4.69, 9.17) is 0 Å². The minimum Gasteiger partial charge on any atom is -0.294 e. The molecular weight excluding hydrogens is 294 g/mol. The van der Waals surface area contributed by atoms with E-state index >= 15 is 0 Å². The van der Waals surface area contributed by atoms with Crippen molar-refractivity contribution in [3.05, 3.63) is 71.3 Å². The second-order valence-corrected chi connectivity index (χ2v) is 7.44. The van der Waals surface area contributed by atoms with E-state index < -0.39 is 0 Å². The molecule has 0 N–H and O–H groups in total. The van der Waals surface area contributed by atoms with Gasteiger partial charge in [-0.2, -0.15) is 0 Å². The molecule has 0 aliphatic carbocycles. The van der Waals surface area contributed by atoms with E-state index in [1.54, 1.807) is 0 Å². The lowest BCUT2D eigenvalue weighted by molar-refractivity contribution is 0.0678. The number of hydrogen-bond donors (Lipinski definition) is 0. The number of fused-ring (bicyclic) bond motifs is 2. The van der Waals surface area contributed by atoms with Gasteiger partial charge in [-0.1, -0.05) is 60.2 Å². The average Bonchev–Trinajstić information content (AvgIpc) is 2.84. The van der Waals surface area contributed by atoms with E-state index in [1.807, 2.05) is 24.3 Å². The first-order valence-corrected chi connectivity index (χ1v) is 9.11. The molecule has 2 aromatic rings. The number of carbonyl (C=O) groups excluding carboxylic acids is 1. The zero-order valence-electron chi connectivity index (χ0n) is 14.3. The fourth-order valence-corrected chi connectivity index (χ4v) is 4.49. The summed E-state index contributed by atoms with van der Waals surface area (Å²) in [4.78, 5) is 15.5. The minimum atomic E-state index is 0.206. The number of hydrogen-bond acceptors (Lipinski definition) is 2. The van der Waals surface area contributed by atoms with E-state index in [9.17, 15) is 4.79 Å². The summed E-state index contributed by atoms with van der Waals surface area (Å²) in [7, 11) is 0. The molecule has 2 aliphatic heterocycles. The van der Waals surface area contributed by atoms with Gasteiger partial charge in [0.1, 0.15) is 0 Å². The van der Waals surface area contributed by atoms with E-state index in [0.29, 0.717) is 17.9 Å². The molecule has 2 bridgehead atoms. The normalized spacial score (nSPS) is 26.5. The van der Waals surface area contributed by atoms with Gasteiger partial charge in [0.05, 0.1) is 0 Å². The Morgan fingerprint density at radius 2 is 1.58 bits per heavy atom. The summed E-state index contributed by atoms with van der Waals surface area (Å²) in [6.45, 7) is 3.10. The number of piperidine rings is 1. The van der Waals surface area contributed by atoms with Crippen LogP contribution in [-0.4, -0.2) is 22.8 Å². The number of carbonyl (C=O) groups is 1. The highest BCUT2D eigenvalue weighted by atomic mass is 16.1. The highest BCUT2D eigenvalue weighted by Crippen LogP contribution is 2.40. The second-order valence-electron chi connectivity index (χ2n) is 7.44. The average molecular weight is 319 g/mol. The van der Waals surface area contributed by atoms with E-state index in [2.05, 4.69) is 42.2 Å². The van der Waals surface area contributed by atoms with Crippen molar-refractivity contribution in [3.63, 3.8) is 0 Å². The molecule has 0 saturated carbocycles. The van der Waals surface area contributed by atoms with Crippen molar-refractivity contribution < 1.29 is 4.79 Å². The highest BCUT2D eigenvalue weighted by molar-refractivity contribution is 5.98. The quantitative estimate of drug-likeness (QED) is 0.766. The third-order valence-electron chi connectivity index (χ3n) is 5.80. The van der Waals surface area contributed by atoms with Crippen molar-refractivity contribution in [2.45, 2.75) is 51.2 Å². The SMILES string of the molecule is Cc1ccc(C(=O)C2CC3CCC(C2)N3Cc2ccccc2)cc1. The molecule has 0 radical (unpaired) electrons. The van der Waals surface area contributed by atoms with E-state index in [-0.39, 0.29) is 5.92 Å². The molecule has 2 nitrogen and oxygen atoms in total. The molecular formula is C22H25NO. The molecule has 2 atom stereocenters. The lowest BCUT2D eigenvalue weighted by Gasteiger charge is -2.38. The monoisotopic (exact) mass is 319 g/mol. The lowest BCUT2D eigenvalue weighted by Crippen LogP contribution is -2.44. The molecule has 4 rings (SSSR count). The molecule has 2 saturated heterocycles. The number of aryl methyl sites for hydroxylation is 1. The zero-order chi connectivity index (χ0) is 16.5. The Labute approximate surface area is 144 Å². The van der Waals surface area contributed by atoms with Gasteiger partial charge in [0, 0.05) is 30.1 Å². The molecule has 24 heavy (non-hydrogen) atoms. The molecule has 0 aromatic heterocycles. The molecule has 2 aromatic carbocycles. The third-order valence-corrected chi connectivity index (χ3v) is 5.80. The third kappa shape index (κ3) is 3.03. The minimum absolute atomic E-state index is 0.206. The van der Waals surface area contributed by atoms with Crippen LogP contribution in [0.5, 0.6) is 0 Å². The van der Waals surface area contributed by atoms with Crippen LogP contribution >= 0.6 is 0 Å². The van der Waals surface area contributed by atoms with Crippen molar-refractivity contribution in [2.24, 2.45) is 5.92 Å². The molecule has 124 valence electrons. The van der Waals surface area contributed by atoms with Crippen LogP contribution in [0.2, 0.25) is 0 Å². The smallest absolute Gasteiger partial charge is 0.166 e. The Kier molecular flexibility index (Phi) is 4.24. The number of ketones is 1. The predicted molar refractivity (Wildman–Crippen MR) is 97.0 cm³/mol. The van der Waals surface area contributed by atoms with Gasteiger partial charge < -0.3 is 0 Å². The van der Waals surface area contributed by atoms with E-state index in [1.165, 1.54) is 24.0 Å². The molecule has 0 amide bonds. The Balaban J connectivity index is 1.46. The zero-order valence-corrected chi connectivity index (χ0v) is 14.3. The van der Waals surface area contributed by atoms with Crippen LogP contribution in [0.1, 0.15) is 47.2 Å². The van der Waals surface area contributed by atoms with Crippen molar-refractivity contribution in [2.75, 3.05) is 0 Å². The molecule has 0 spiro atoms. The first kappa shape index (κ1) is 15.6. The summed E-state index contributed by atoms with van der Waals surface area (Å²) < 4.78 is 0. The Morgan fingerprint density at radius 3 is 2.21 bits per heavy atom. The lowest BCUT2D eigenvalue weighted by atomic mass is 9.84. The maximum atomic E-state index is 12.9. The van der Waals surface area contributed by atoms with Crippen molar-refractivity contribution in [1.82, 2.24) is 4.90 Å². The predicted octanol–water partition coefficient (Wildman–Crippen LogP) is 4.62. The topological polar surface area (TPSA) is 20.3 Å². The van der Waals surface area contributed by atoms with Crippen LogP contribution in [0, 0.1) is 12.8 Å². The highest BCUT2D eigenvalue weighted by Gasteiger charge is 2.42. The van der Waals surface area contributed by atoms with Gasteiger partial charge in [-0.05, 0) is 38.2 Å². The standard InChI is InChI=1S/C22H25NO/c1-16-7-9-18(10-8-16)22(24)19-13-20-11-12-21(14-19)23(20)15-17-5-3-2-4-6-17/h2-10,19-21H,11-15H2,1H3. The molecule has 2 fully saturated rings. The van der Waals surface area contributed by atoms with Crippen LogP contribution in [-0.2, 0) is 6.54 Å². The fourth-order valence-electron chi connectivity index (χ4n) is 4.49. The Morgan fingerprint density at radius 1 is 0.958 bits per heavy atom. The molecule has 2 unspecified atom stereocenters. The summed E-state index contributed by atoms with van der Waals surface area (Å²) >= 11 is 0. The maximum Gasteiger partial charge on any atom is 0.166 e. The van der Waals surface area contributed by atoms with Gasteiger partial charge in [-0.15, -0.1) is 0 Å². The van der Waals surface area contributed by atoms with Crippen LogP contribution in [0.15, 0.2) is 54.6 Å². The molecule has 2 heteroatoms. The van der Waals surface area contributed by atoms with Gasteiger partial charge >= 0.3 is 0 Å². The summed E-state index contributed by atoms with van der Waals surface area (Å²) in [5.74, 6) is 0.559. The Hall–Kier alpha value is -1.93. The summed E-state index contributed by atoms with van der Waals surface area (Å²) in [6, 6.07) is 20.0. The Bertz CT molecular complexity index is 693. The maximum absolute atomic E-state index is 12.9. The van der Waals surface area contributed by atoms with Crippen LogP contribution in [0.4, 0.5) is 0 Å². The van der Waals surface area contributed by atoms with Crippen LogP contribution in [0.25, 0.3) is 0 Å². The summed E-state index contributed by atoms with van der Waals surface area (Å²) in [5.41, 5.74) is 3.49. The van der Waals surface area contributed by atoms with Crippen LogP contribution in [0.3, 0.4) is 0 Å². The fraction of sp³-hybridized carbons (Fsp3) is 0.409. The van der Waals surface area contributed by atoms with Gasteiger partial charge in [0.25, 0.3) is 0 Å². The van der Waals surface area contributed by atoms with Gasteiger partial charge in [-0.3, -0.25) is 9.69 Å². The first-order valence-electron chi connectivity index (χ1n) is 9.11. The van der Waals surface area contributed by atoms with Crippen molar-refractivity contribution in [3.8, 4) is 0 Å². The van der Waals surface area contributed by atoms with Crippen molar-refractivity contribution in [1.29, 1.82) is 0 Å². The molecule has 2 aliphatic rings. The summed E-state index contributed by atoms with van der Waals surface area (Å²) in [5, 5.41) is 0. The number of rotatable bonds is 4. The molecule has 2 heterocycles. The van der Waals surface area contributed by atoms with Gasteiger partial charge in [0.2, 0.25) is 0 Å². The largest absolute Gasteiger partial charge is 0.294 e. The number of nitrogens with zero attached hydrogens (tertiary/aromatic N) is 1.